The first-order valence-corrected chi connectivity index (χ1v) is 7.38. The first kappa shape index (κ1) is 14.2. The average Bonchev–Trinajstić information content (AvgIpc) is 2.18. The van der Waals surface area contributed by atoms with Gasteiger partial charge in [0.2, 0.25) is 0 Å². The quantitative estimate of drug-likeness (QED) is 0.601. The van der Waals surface area contributed by atoms with E-state index in [1.54, 1.807) is 0 Å². The molecule has 1 rings (SSSR count). The fourth-order valence-electron chi connectivity index (χ4n) is 1.64. The first-order chi connectivity index (χ1) is 7.90. The van der Waals surface area contributed by atoms with Gasteiger partial charge in [0, 0.05) is 17.5 Å². The molecule has 0 aromatic heterocycles. The lowest BCUT2D eigenvalue weighted by molar-refractivity contribution is -0.119. The summed E-state index contributed by atoms with van der Waals surface area (Å²) in [5.74, 6) is 1.71. The summed E-state index contributed by atoms with van der Waals surface area (Å²) in [4.78, 5) is 21.7. The van der Waals surface area contributed by atoms with Gasteiger partial charge in [-0.3, -0.25) is 4.79 Å². The van der Waals surface area contributed by atoms with Crippen molar-refractivity contribution in [2.75, 3.05) is 11.5 Å². The highest BCUT2D eigenvalue weighted by molar-refractivity contribution is 8.13. The van der Waals surface area contributed by atoms with Gasteiger partial charge in [-0.2, -0.15) is 0 Å². The SMILES string of the molecule is CC(C)(C)OC(=O)NC1CC[SH](OC=O)CC1. The molecule has 0 unspecified atom stereocenters. The van der Waals surface area contributed by atoms with Crippen LogP contribution in [0.5, 0.6) is 0 Å². The van der Waals surface area contributed by atoms with Gasteiger partial charge in [0.25, 0.3) is 0 Å². The summed E-state index contributed by atoms with van der Waals surface area (Å²) in [6.07, 6.45) is 1.32. The molecule has 0 bridgehead atoms. The molecule has 0 aromatic rings. The zero-order chi connectivity index (χ0) is 12.9. The van der Waals surface area contributed by atoms with Gasteiger partial charge in [-0.25, -0.2) is 4.79 Å². The summed E-state index contributed by atoms with van der Waals surface area (Å²) < 4.78 is 10.1. The molecule has 0 spiro atoms. The molecule has 0 saturated carbocycles. The summed E-state index contributed by atoms with van der Waals surface area (Å²) in [6, 6.07) is 0.138. The van der Waals surface area contributed by atoms with Crippen molar-refractivity contribution in [2.24, 2.45) is 0 Å². The van der Waals surface area contributed by atoms with Crippen LogP contribution in [0.4, 0.5) is 4.79 Å². The second kappa shape index (κ2) is 6.14. The summed E-state index contributed by atoms with van der Waals surface area (Å²) in [7, 11) is 0. The lowest BCUT2D eigenvalue weighted by Gasteiger charge is -2.30. The highest BCUT2D eigenvalue weighted by Crippen LogP contribution is 2.33. The number of nitrogens with one attached hydrogen (secondary N) is 1. The van der Waals surface area contributed by atoms with Crippen molar-refractivity contribution in [3.63, 3.8) is 0 Å². The lowest BCUT2D eigenvalue weighted by atomic mass is 10.1. The van der Waals surface area contributed by atoms with Crippen LogP contribution in [0.15, 0.2) is 0 Å². The third kappa shape index (κ3) is 5.81. The highest BCUT2D eigenvalue weighted by Gasteiger charge is 2.23. The van der Waals surface area contributed by atoms with Gasteiger partial charge in [-0.05, 0) is 33.6 Å². The van der Waals surface area contributed by atoms with Gasteiger partial charge in [0.15, 0.2) is 0 Å². The van der Waals surface area contributed by atoms with Crippen molar-refractivity contribution in [3.8, 4) is 0 Å². The standard InChI is InChI=1S/C11H21NO4S/c1-11(2,3)16-10(14)12-9-4-6-17(7-5-9)15-8-13/h8-9,17H,4-7H2,1-3H3,(H,12,14). The lowest BCUT2D eigenvalue weighted by Crippen LogP contribution is -2.41. The van der Waals surface area contributed by atoms with Gasteiger partial charge < -0.3 is 14.2 Å². The van der Waals surface area contributed by atoms with Crippen LogP contribution in [0.2, 0.25) is 0 Å². The Labute approximate surface area is 105 Å². The molecular weight excluding hydrogens is 242 g/mol. The van der Waals surface area contributed by atoms with E-state index < -0.39 is 16.8 Å². The summed E-state index contributed by atoms with van der Waals surface area (Å²) in [5, 5.41) is 2.84. The molecule has 1 aliphatic rings. The number of thiol groups is 1. The van der Waals surface area contributed by atoms with Crippen molar-refractivity contribution in [2.45, 2.75) is 45.3 Å². The summed E-state index contributed by atoms with van der Waals surface area (Å²) in [6.45, 7) is 6.03. The van der Waals surface area contributed by atoms with E-state index in [1.165, 1.54) is 0 Å². The summed E-state index contributed by atoms with van der Waals surface area (Å²) >= 11 is -0.610. The van der Waals surface area contributed by atoms with E-state index in [4.69, 9.17) is 8.92 Å². The maximum absolute atomic E-state index is 11.5. The van der Waals surface area contributed by atoms with Gasteiger partial charge in [-0.1, -0.05) is 0 Å². The molecule has 100 valence electrons. The maximum atomic E-state index is 11.5. The Bertz CT molecular complexity index is 269. The molecule has 1 N–H and O–H groups in total. The fraction of sp³-hybridized carbons (Fsp3) is 0.818. The average molecular weight is 263 g/mol. The zero-order valence-corrected chi connectivity index (χ0v) is 11.5. The van der Waals surface area contributed by atoms with E-state index in [0.717, 1.165) is 24.3 Å². The molecular formula is C11H21NO4S. The summed E-state index contributed by atoms with van der Waals surface area (Å²) in [5.41, 5.74) is -0.466. The number of alkyl carbamates (subject to hydrolysis) is 1. The number of carbonyl (C=O) groups excluding carboxylic acids is 2. The number of amides is 1. The van der Waals surface area contributed by atoms with E-state index in [1.807, 2.05) is 20.8 Å². The van der Waals surface area contributed by atoms with Crippen molar-refractivity contribution >= 4 is 23.7 Å². The first-order valence-electron chi connectivity index (χ1n) is 5.75. The van der Waals surface area contributed by atoms with Crippen LogP contribution in [0.25, 0.3) is 0 Å². The van der Waals surface area contributed by atoms with E-state index in [2.05, 4.69) is 5.32 Å². The van der Waals surface area contributed by atoms with E-state index >= 15 is 0 Å². The molecule has 6 heteroatoms. The Kier molecular flexibility index (Phi) is 5.11. The van der Waals surface area contributed by atoms with Gasteiger partial charge in [0.1, 0.15) is 5.60 Å². The van der Waals surface area contributed by atoms with E-state index in [-0.39, 0.29) is 12.1 Å². The number of hydrogen-bond donors (Lipinski definition) is 2. The predicted molar refractivity (Wildman–Crippen MR) is 68.3 cm³/mol. The largest absolute Gasteiger partial charge is 0.444 e. The zero-order valence-electron chi connectivity index (χ0n) is 10.6. The van der Waals surface area contributed by atoms with Crippen LogP contribution in [-0.2, 0) is 13.7 Å². The maximum Gasteiger partial charge on any atom is 0.407 e. The second-order valence-corrected chi connectivity index (χ2v) is 7.12. The van der Waals surface area contributed by atoms with E-state index in [0.29, 0.717) is 6.47 Å². The van der Waals surface area contributed by atoms with Crippen LogP contribution in [-0.4, -0.2) is 35.7 Å². The molecule has 1 heterocycles. The minimum atomic E-state index is -0.610. The Balaban J connectivity index is 2.26. The number of rotatable bonds is 3. The molecule has 0 aromatic carbocycles. The topological polar surface area (TPSA) is 64.6 Å². The van der Waals surface area contributed by atoms with Gasteiger partial charge in [0.05, 0.1) is 0 Å². The minimum Gasteiger partial charge on any atom is -0.444 e. The number of carbonyl (C=O) groups is 2. The monoisotopic (exact) mass is 263 g/mol. The molecule has 0 radical (unpaired) electrons. The smallest absolute Gasteiger partial charge is 0.407 e. The third-order valence-electron chi connectivity index (χ3n) is 2.37. The van der Waals surface area contributed by atoms with Crippen LogP contribution in [0.3, 0.4) is 0 Å². The Hall–Kier alpha value is -0.910. The fourth-order valence-corrected chi connectivity index (χ4v) is 3.40. The van der Waals surface area contributed by atoms with Gasteiger partial charge in [-0.15, -0.1) is 11.2 Å². The van der Waals surface area contributed by atoms with Crippen molar-refractivity contribution in [3.05, 3.63) is 0 Å². The van der Waals surface area contributed by atoms with Crippen LogP contribution < -0.4 is 5.32 Å². The normalized spacial score (nSPS) is 27.0. The molecule has 1 fully saturated rings. The van der Waals surface area contributed by atoms with Crippen molar-refractivity contribution in [1.29, 1.82) is 0 Å². The number of hydrogen-bond acceptors (Lipinski definition) is 4. The van der Waals surface area contributed by atoms with Crippen LogP contribution >= 0.6 is 11.2 Å². The van der Waals surface area contributed by atoms with Crippen LogP contribution in [0.1, 0.15) is 33.6 Å². The Morgan fingerprint density at radius 3 is 2.41 bits per heavy atom. The molecule has 0 atom stereocenters. The predicted octanol–water partition coefficient (Wildman–Crippen LogP) is 1.76. The molecule has 0 aliphatic carbocycles. The molecule has 1 aliphatic heterocycles. The van der Waals surface area contributed by atoms with Crippen molar-refractivity contribution in [1.82, 2.24) is 5.32 Å². The second-order valence-electron chi connectivity index (χ2n) is 5.05. The van der Waals surface area contributed by atoms with Crippen LogP contribution in [0, 0.1) is 0 Å². The van der Waals surface area contributed by atoms with E-state index in [9.17, 15) is 9.59 Å². The Morgan fingerprint density at radius 2 is 1.94 bits per heavy atom. The van der Waals surface area contributed by atoms with Gasteiger partial charge >= 0.3 is 12.6 Å². The minimum absolute atomic E-state index is 0.138. The molecule has 5 nitrogen and oxygen atoms in total. The third-order valence-corrected chi connectivity index (χ3v) is 4.27. The molecule has 1 saturated heterocycles. The van der Waals surface area contributed by atoms with Crippen molar-refractivity contribution < 1.29 is 18.5 Å². The molecule has 1 amide bonds. The molecule has 17 heavy (non-hydrogen) atoms. The Morgan fingerprint density at radius 1 is 1.35 bits per heavy atom. The number of ether oxygens (including phenoxy) is 1. The highest BCUT2D eigenvalue weighted by atomic mass is 32.2.